The van der Waals surface area contributed by atoms with E-state index >= 15 is 0 Å². The molecule has 2 rings (SSSR count). The molecule has 1 heterocycles. The standard InChI is InChI=1S/C23H27NO7/c1-14(12-18(25)20-21(26)19(29-3)10-11-24-20)22(27)31-15(2)17(23(28)30-4)13-16-8-6-5-7-9-16/h5-11,14-15,17,26H,12-13H2,1-4H3/t14-,15+,17+/m1/s1. The molecule has 0 saturated heterocycles. The summed E-state index contributed by atoms with van der Waals surface area (Å²) in [6, 6.07) is 10.8. The van der Waals surface area contributed by atoms with Crippen LogP contribution in [-0.4, -0.2) is 48.1 Å². The first-order valence-electron chi connectivity index (χ1n) is 9.85. The number of aromatic hydroxyl groups is 1. The number of esters is 2. The molecule has 0 aliphatic rings. The Balaban J connectivity index is 2.04. The lowest BCUT2D eigenvalue weighted by molar-refractivity contribution is -0.162. The van der Waals surface area contributed by atoms with Gasteiger partial charge in [-0.3, -0.25) is 14.4 Å². The number of rotatable bonds is 10. The van der Waals surface area contributed by atoms with Crippen molar-refractivity contribution in [2.45, 2.75) is 32.8 Å². The Hall–Kier alpha value is -3.42. The summed E-state index contributed by atoms with van der Waals surface area (Å²) < 4.78 is 15.3. The summed E-state index contributed by atoms with van der Waals surface area (Å²) in [5.41, 5.74) is 0.729. The number of benzene rings is 1. The van der Waals surface area contributed by atoms with Gasteiger partial charge in [-0.2, -0.15) is 0 Å². The van der Waals surface area contributed by atoms with E-state index in [4.69, 9.17) is 14.2 Å². The van der Waals surface area contributed by atoms with Crippen LogP contribution < -0.4 is 4.74 Å². The van der Waals surface area contributed by atoms with Crippen molar-refractivity contribution in [1.82, 2.24) is 4.98 Å². The highest BCUT2D eigenvalue weighted by atomic mass is 16.6. The van der Waals surface area contributed by atoms with Crippen molar-refractivity contribution in [3.05, 3.63) is 53.9 Å². The maximum Gasteiger partial charge on any atom is 0.312 e. The molecule has 31 heavy (non-hydrogen) atoms. The Morgan fingerprint density at radius 1 is 1.03 bits per heavy atom. The largest absolute Gasteiger partial charge is 0.503 e. The molecule has 0 radical (unpaired) electrons. The third-order valence-electron chi connectivity index (χ3n) is 4.94. The summed E-state index contributed by atoms with van der Waals surface area (Å²) in [6.45, 7) is 3.15. The summed E-state index contributed by atoms with van der Waals surface area (Å²) >= 11 is 0. The monoisotopic (exact) mass is 429 g/mol. The number of hydrogen-bond acceptors (Lipinski definition) is 8. The van der Waals surface area contributed by atoms with Crippen LogP contribution in [0.2, 0.25) is 0 Å². The summed E-state index contributed by atoms with van der Waals surface area (Å²) in [5, 5.41) is 10.1. The quantitative estimate of drug-likeness (QED) is 0.453. The van der Waals surface area contributed by atoms with Crippen molar-refractivity contribution in [3.8, 4) is 11.5 Å². The first-order valence-corrected chi connectivity index (χ1v) is 9.85. The van der Waals surface area contributed by atoms with Crippen molar-refractivity contribution in [3.63, 3.8) is 0 Å². The average molecular weight is 429 g/mol. The average Bonchev–Trinajstić information content (AvgIpc) is 2.77. The zero-order chi connectivity index (χ0) is 23.0. The molecule has 0 unspecified atom stereocenters. The fourth-order valence-electron chi connectivity index (χ4n) is 3.10. The van der Waals surface area contributed by atoms with Crippen LogP contribution >= 0.6 is 0 Å². The molecule has 8 heteroatoms. The lowest BCUT2D eigenvalue weighted by Gasteiger charge is -2.23. The molecule has 0 fully saturated rings. The molecule has 0 bridgehead atoms. The third kappa shape index (κ3) is 6.28. The molecule has 166 valence electrons. The molecule has 0 aliphatic carbocycles. The Bertz CT molecular complexity index is 913. The lowest BCUT2D eigenvalue weighted by atomic mass is 9.94. The molecule has 1 N–H and O–H groups in total. The number of carbonyl (C=O) groups excluding carboxylic acids is 3. The second-order valence-corrected chi connectivity index (χ2v) is 7.20. The molecule has 1 aromatic carbocycles. The molecule has 0 aliphatic heterocycles. The minimum absolute atomic E-state index is 0.115. The number of hydrogen-bond donors (Lipinski definition) is 1. The summed E-state index contributed by atoms with van der Waals surface area (Å²) in [6.07, 6.45) is 0.695. The van der Waals surface area contributed by atoms with Gasteiger partial charge in [0, 0.05) is 18.7 Å². The number of pyridine rings is 1. The molecule has 0 spiro atoms. The third-order valence-corrected chi connectivity index (χ3v) is 4.94. The first kappa shape index (κ1) is 23.9. The zero-order valence-electron chi connectivity index (χ0n) is 18.0. The second-order valence-electron chi connectivity index (χ2n) is 7.20. The van der Waals surface area contributed by atoms with Gasteiger partial charge in [-0.25, -0.2) is 4.98 Å². The van der Waals surface area contributed by atoms with Crippen LogP contribution in [0.3, 0.4) is 0 Å². The molecule has 1 aromatic heterocycles. The summed E-state index contributed by atoms with van der Waals surface area (Å²) in [4.78, 5) is 41.2. The lowest BCUT2D eigenvalue weighted by Crippen LogP contribution is -2.34. The van der Waals surface area contributed by atoms with Crippen LogP contribution in [0.25, 0.3) is 0 Å². The number of carbonyl (C=O) groups is 3. The number of ether oxygens (including phenoxy) is 3. The second kappa shape index (κ2) is 11.1. The maximum atomic E-state index is 12.6. The van der Waals surface area contributed by atoms with E-state index in [0.29, 0.717) is 6.42 Å². The minimum atomic E-state index is -0.808. The maximum absolute atomic E-state index is 12.6. The Labute approximate surface area is 181 Å². The van der Waals surface area contributed by atoms with Gasteiger partial charge >= 0.3 is 11.9 Å². The Morgan fingerprint density at radius 3 is 2.32 bits per heavy atom. The van der Waals surface area contributed by atoms with Gasteiger partial charge in [-0.1, -0.05) is 37.3 Å². The molecular weight excluding hydrogens is 402 g/mol. The van der Waals surface area contributed by atoms with Gasteiger partial charge in [0.1, 0.15) is 6.10 Å². The van der Waals surface area contributed by atoms with Gasteiger partial charge in [0.05, 0.1) is 26.1 Å². The van der Waals surface area contributed by atoms with Gasteiger partial charge in [0.15, 0.2) is 23.0 Å². The van der Waals surface area contributed by atoms with Crippen molar-refractivity contribution < 1.29 is 33.7 Å². The number of methoxy groups -OCH3 is 2. The van der Waals surface area contributed by atoms with Crippen LogP contribution in [-0.2, 0) is 25.5 Å². The van der Waals surface area contributed by atoms with E-state index in [2.05, 4.69) is 4.98 Å². The van der Waals surface area contributed by atoms with Crippen LogP contribution in [0, 0.1) is 11.8 Å². The van der Waals surface area contributed by atoms with E-state index in [-0.39, 0.29) is 23.6 Å². The highest BCUT2D eigenvalue weighted by Crippen LogP contribution is 2.29. The van der Waals surface area contributed by atoms with Crippen molar-refractivity contribution >= 4 is 17.7 Å². The van der Waals surface area contributed by atoms with Gasteiger partial charge in [0.25, 0.3) is 0 Å². The predicted molar refractivity (Wildman–Crippen MR) is 112 cm³/mol. The van der Waals surface area contributed by atoms with Gasteiger partial charge < -0.3 is 19.3 Å². The number of aromatic nitrogens is 1. The smallest absolute Gasteiger partial charge is 0.312 e. The summed E-state index contributed by atoms with van der Waals surface area (Å²) in [5.74, 6) is -3.41. The van der Waals surface area contributed by atoms with E-state index in [1.165, 1.54) is 33.4 Å². The van der Waals surface area contributed by atoms with Crippen LogP contribution in [0.1, 0.15) is 36.3 Å². The number of Topliss-reactive ketones (excluding diaryl/α,β-unsaturated/α-hetero) is 1. The van der Waals surface area contributed by atoms with E-state index < -0.39 is 35.7 Å². The van der Waals surface area contributed by atoms with Crippen molar-refractivity contribution in [2.75, 3.05) is 14.2 Å². The Morgan fingerprint density at radius 2 is 1.71 bits per heavy atom. The van der Waals surface area contributed by atoms with Crippen molar-refractivity contribution in [1.29, 1.82) is 0 Å². The van der Waals surface area contributed by atoms with Crippen LogP contribution in [0.4, 0.5) is 0 Å². The molecule has 3 atom stereocenters. The molecule has 0 amide bonds. The van der Waals surface area contributed by atoms with E-state index in [1.54, 1.807) is 6.92 Å². The minimum Gasteiger partial charge on any atom is -0.503 e. The highest BCUT2D eigenvalue weighted by Gasteiger charge is 2.31. The highest BCUT2D eigenvalue weighted by molar-refractivity contribution is 5.99. The molecule has 2 aromatic rings. The van der Waals surface area contributed by atoms with Gasteiger partial charge in [0.2, 0.25) is 0 Å². The van der Waals surface area contributed by atoms with Crippen LogP contribution in [0.5, 0.6) is 11.5 Å². The number of nitrogens with zero attached hydrogens (tertiary/aromatic N) is 1. The topological polar surface area (TPSA) is 112 Å². The SMILES string of the molecule is COC(=O)[C@@H](Cc1ccccc1)[C@H](C)OC(=O)[C@H](C)CC(=O)c1nccc(OC)c1O. The molecule has 8 nitrogen and oxygen atoms in total. The van der Waals surface area contributed by atoms with Crippen molar-refractivity contribution in [2.24, 2.45) is 11.8 Å². The molecule has 0 saturated carbocycles. The van der Waals surface area contributed by atoms with E-state index in [0.717, 1.165) is 5.56 Å². The number of ketones is 1. The van der Waals surface area contributed by atoms with E-state index in [9.17, 15) is 19.5 Å². The van der Waals surface area contributed by atoms with E-state index in [1.807, 2.05) is 30.3 Å². The van der Waals surface area contributed by atoms with Gasteiger partial charge in [-0.05, 0) is 18.9 Å². The Kier molecular flexibility index (Phi) is 8.54. The summed E-state index contributed by atoms with van der Waals surface area (Å²) in [7, 11) is 2.64. The predicted octanol–water partition coefficient (Wildman–Crippen LogP) is 2.97. The zero-order valence-corrected chi connectivity index (χ0v) is 18.0. The normalized spacial score (nSPS) is 13.5. The fraction of sp³-hybridized carbons (Fsp3) is 0.391. The molecular formula is C23H27NO7. The van der Waals surface area contributed by atoms with Crippen LogP contribution in [0.15, 0.2) is 42.6 Å². The fourth-order valence-corrected chi connectivity index (χ4v) is 3.10. The van der Waals surface area contributed by atoms with Gasteiger partial charge in [-0.15, -0.1) is 0 Å². The first-order chi connectivity index (χ1) is 14.8.